The van der Waals surface area contributed by atoms with Crippen LogP contribution in [0.1, 0.15) is 90.9 Å². The van der Waals surface area contributed by atoms with Crippen molar-refractivity contribution in [2.45, 2.75) is 96.9 Å². The molecule has 0 aromatic heterocycles. The highest BCUT2D eigenvalue weighted by Gasteiger charge is 2.20. The Labute approximate surface area is 115 Å². The van der Waals surface area contributed by atoms with Gasteiger partial charge in [0.2, 0.25) is 0 Å². The lowest BCUT2D eigenvalue weighted by Gasteiger charge is -2.29. The fourth-order valence-corrected chi connectivity index (χ4v) is 3.42. The first-order chi connectivity index (χ1) is 8.86. The molecule has 0 bridgehead atoms. The van der Waals surface area contributed by atoms with E-state index in [1.165, 1.54) is 77.0 Å². The highest BCUT2D eigenvalue weighted by atomic mass is 14.9. The van der Waals surface area contributed by atoms with Gasteiger partial charge in [-0.3, -0.25) is 0 Å². The number of unbranched alkanes of at least 4 members (excludes halogenated alkanes) is 6. The first-order valence-corrected chi connectivity index (χ1v) is 8.60. The first-order valence-electron chi connectivity index (χ1n) is 8.60. The third kappa shape index (κ3) is 7.41. The monoisotopic (exact) mass is 253 g/mol. The van der Waals surface area contributed by atoms with Gasteiger partial charge in [0.15, 0.2) is 0 Å². The van der Waals surface area contributed by atoms with Crippen molar-refractivity contribution in [3.63, 3.8) is 0 Å². The molecular formula is C17H35N. The highest BCUT2D eigenvalue weighted by Crippen LogP contribution is 2.28. The predicted molar refractivity (Wildman–Crippen MR) is 82.0 cm³/mol. The fourth-order valence-electron chi connectivity index (χ4n) is 3.42. The third-order valence-corrected chi connectivity index (χ3v) is 4.49. The normalized spacial score (nSPS) is 24.3. The summed E-state index contributed by atoms with van der Waals surface area (Å²) in [5.41, 5.74) is 0. The zero-order valence-electron chi connectivity index (χ0n) is 12.8. The Balaban J connectivity index is 1.94. The molecule has 1 aliphatic carbocycles. The lowest BCUT2D eigenvalue weighted by Crippen LogP contribution is -2.33. The summed E-state index contributed by atoms with van der Waals surface area (Å²) in [5, 5.41) is 3.64. The van der Waals surface area contributed by atoms with Crippen LogP contribution in [0.15, 0.2) is 0 Å². The molecule has 0 heterocycles. The largest absolute Gasteiger partial charge is 0.314 e. The molecule has 2 atom stereocenters. The van der Waals surface area contributed by atoms with Gasteiger partial charge < -0.3 is 5.32 Å². The van der Waals surface area contributed by atoms with Crippen LogP contribution in [0.2, 0.25) is 0 Å². The minimum atomic E-state index is 0.832. The molecule has 0 spiro atoms. The van der Waals surface area contributed by atoms with Gasteiger partial charge in [0.1, 0.15) is 0 Å². The smallest absolute Gasteiger partial charge is 0.00695 e. The molecule has 108 valence electrons. The molecule has 18 heavy (non-hydrogen) atoms. The summed E-state index contributed by atoms with van der Waals surface area (Å²) in [6, 6.07) is 0.832. The molecule has 0 aliphatic heterocycles. The van der Waals surface area contributed by atoms with Crippen LogP contribution < -0.4 is 5.32 Å². The molecule has 0 aromatic carbocycles. The van der Waals surface area contributed by atoms with Crippen molar-refractivity contribution < 1.29 is 0 Å². The lowest BCUT2D eigenvalue weighted by molar-refractivity contribution is 0.270. The third-order valence-electron chi connectivity index (χ3n) is 4.49. The highest BCUT2D eigenvalue weighted by molar-refractivity contribution is 4.77. The van der Waals surface area contributed by atoms with Gasteiger partial charge in [0.05, 0.1) is 0 Å². The second-order valence-electron chi connectivity index (χ2n) is 6.20. The van der Waals surface area contributed by atoms with E-state index in [4.69, 9.17) is 0 Å². The van der Waals surface area contributed by atoms with Crippen LogP contribution >= 0.6 is 0 Å². The Morgan fingerprint density at radius 2 is 1.61 bits per heavy atom. The SMILES string of the molecule is CCCCCCCCCC1CCCC(NCC)C1. The van der Waals surface area contributed by atoms with Crippen molar-refractivity contribution in [1.82, 2.24) is 5.32 Å². The lowest BCUT2D eigenvalue weighted by atomic mass is 9.82. The minimum Gasteiger partial charge on any atom is -0.314 e. The van der Waals surface area contributed by atoms with Gasteiger partial charge in [-0.25, -0.2) is 0 Å². The van der Waals surface area contributed by atoms with Gasteiger partial charge in [-0.15, -0.1) is 0 Å². The second-order valence-corrected chi connectivity index (χ2v) is 6.20. The van der Waals surface area contributed by atoms with Crippen LogP contribution in [0, 0.1) is 5.92 Å². The Morgan fingerprint density at radius 1 is 0.889 bits per heavy atom. The fraction of sp³-hybridized carbons (Fsp3) is 1.00. The van der Waals surface area contributed by atoms with Crippen molar-refractivity contribution in [2.24, 2.45) is 5.92 Å². The van der Waals surface area contributed by atoms with Crippen molar-refractivity contribution >= 4 is 0 Å². The van der Waals surface area contributed by atoms with Gasteiger partial charge in [0, 0.05) is 6.04 Å². The van der Waals surface area contributed by atoms with Gasteiger partial charge >= 0.3 is 0 Å². The molecule has 1 fully saturated rings. The quantitative estimate of drug-likeness (QED) is 0.521. The van der Waals surface area contributed by atoms with E-state index in [0.717, 1.165) is 18.5 Å². The van der Waals surface area contributed by atoms with E-state index in [2.05, 4.69) is 19.2 Å². The summed E-state index contributed by atoms with van der Waals surface area (Å²) < 4.78 is 0. The summed E-state index contributed by atoms with van der Waals surface area (Å²) >= 11 is 0. The zero-order valence-corrected chi connectivity index (χ0v) is 12.8. The van der Waals surface area contributed by atoms with E-state index in [-0.39, 0.29) is 0 Å². The average molecular weight is 253 g/mol. The van der Waals surface area contributed by atoms with Crippen molar-refractivity contribution in [2.75, 3.05) is 6.54 Å². The average Bonchev–Trinajstić information content (AvgIpc) is 2.39. The van der Waals surface area contributed by atoms with Gasteiger partial charge in [-0.2, -0.15) is 0 Å². The van der Waals surface area contributed by atoms with E-state index in [9.17, 15) is 0 Å². The Hall–Kier alpha value is -0.0400. The molecule has 1 rings (SSSR count). The van der Waals surface area contributed by atoms with Crippen molar-refractivity contribution in [3.8, 4) is 0 Å². The van der Waals surface area contributed by atoms with Crippen LogP contribution in [-0.2, 0) is 0 Å². The topological polar surface area (TPSA) is 12.0 Å². The first kappa shape index (κ1) is 16.0. The maximum absolute atomic E-state index is 3.64. The maximum Gasteiger partial charge on any atom is 0.00695 e. The number of hydrogen-bond acceptors (Lipinski definition) is 1. The Kier molecular flexibility index (Phi) is 9.65. The summed E-state index contributed by atoms with van der Waals surface area (Å²) in [6.45, 7) is 5.68. The zero-order chi connectivity index (χ0) is 13.1. The number of hydrogen-bond donors (Lipinski definition) is 1. The number of nitrogens with one attached hydrogen (secondary N) is 1. The molecule has 0 aromatic rings. The van der Waals surface area contributed by atoms with Gasteiger partial charge in [-0.1, -0.05) is 78.1 Å². The maximum atomic E-state index is 3.64. The Morgan fingerprint density at radius 3 is 2.33 bits per heavy atom. The molecule has 2 unspecified atom stereocenters. The van der Waals surface area contributed by atoms with Crippen LogP contribution in [0.5, 0.6) is 0 Å². The van der Waals surface area contributed by atoms with E-state index in [1.54, 1.807) is 0 Å². The van der Waals surface area contributed by atoms with Crippen LogP contribution in [0.25, 0.3) is 0 Å². The second kappa shape index (κ2) is 10.8. The van der Waals surface area contributed by atoms with Crippen LogP contribution in [0.3, 0.4) is 0 Å². The predicted octanol–water partition coefficient (Wildman–Crippen LogP) is 5.30. The molecule has 1 aliphatic rings. The molecule has 1 N–H and O–H groups in total. The van der Waals surface area contributed by atoms with Crippen LogP contribution in [-0.4, -0.2) is 12.6 Å². The van der Waals surface area contributed by atoms with Crippen molar-refractivity contribution in [3.05, 3.63) is 0 Å². The van der Waals surface area contributed by atoms with E-state index >= 15 is 0 Å². The Bertz CT molecular complexity index is 176. The van der Waals surface area contributed by atoms with Crippen LogP contribution in [0.4, 0.5) is 0 Å². The van der Waals surface area contributed by atoms with E-state index in [1.807, 2.05) is 0 Å². The molecular weight excluding hydrogens is 218 g/mol. The van der Waals surface area contributed by atoms with E-state index < -0.39 is 0 Å². The summed E-state index contributed by atoms with van der Waals surface area (Å²) in [5.74, 6) is 1.03. The summed E-state index contributed by atoms with van der Waals surface area (Å²) in [6.07, 6.45) is 17.5. The minimum absolute atomic E-state index is 0.832. The molecule has 0 amide bonds. The molecule has 0 radical (unpaired) electrons. The summed E-state index contributed by atoms with van der Waals surface area (Å²) in [4.78, 5) is 0. The molecule has 1 nitrogen and oxygen atoms in total. The van der Waals surface area contributed by atoms with Crippen molar-refractivity contribution in [1.29, 1.82) is 0 Å². The van der Waals surface area contributed by atoms with Gasteiger partial charge in [-0.05, 0) is 25.3 Å². The molecule has 0 saturated heterocycles. The molecule has 1 saturated carbocycles. The number of rotatable bonds is 10. The van der Waals surface area contributed by atoms with E-state index in [0.29, 0.717) is 0 Å². The van der Waals surface area contributed by atoms with Gasteiger partial charge in [0.25, 0.3) is 0 Å². The summed E-state index contributed by atoms with van der Waals surface area (Å²) in [7, 11) is 0. The standard InChI is InChI=1S/C17H35N/c1-3-5-6-7-8-9-10-12-16-13-11-14-17(15-16)18-4-2/h16-18H,3-15H2,1-2H3. The molecule has 1 heteroatoms.